The summed E-state index contributed by atoms with van der Waals surface area (Å²) in [6, 6.07) is 1.39. The molecule has 1 aliphatic carbocycles. The van der Waals surface area contributed by atoms with Crippen LogP contribution in [-0.2, 0) is 13.5 Å². The molecule has 2 aromatic heterocycles. The minimum Gasteiger partial charge on any atom is -0.325 e. The van der Waals surface area contributed by atoms with E-state index in [-0.39, 0.29) is 11.3 Å². The Bertz CT molecular complexity index is 788. The number of rotatable bonds is 2. The number of aromatic amines is 1. The molecule has 0 fully saturated rings. The van der Waals surface area contributed by atoms with Gasteiger partial charge in [0.05, 0.1) is 11.9 Å². The number of carbonyl (C=O) groups excluding carboxylic acids is 2. The topological polar surface area (TPSA) is 96.9 Å². The van der Waals surface area contributed by atoms with Gasteiger partial charge in [-0.2, -0.15) is 5.10 Å². The first kappa shape index (κ1) is 13.3. The van der Waals surface area contributed by atoms with E-state index in [0.29, 0.717) is 29.8 Å². The number of hydrogen-bond donors (Lipinski definition) is 2. The van der Waals surface area contributed by atoms with E-state index in [1.807, 2.05) is 0 Å². The molecule has 2 heterocycles. The van der Waals surface area contributed by atoms with E-state index < -0.39 is 11.5 Å². The van der Waals surface area contributed by atoms with Crippen molar-refractivity contribution in [3.05, 3.63) is 45.6 Å². The van der Waals surface area contributed by atoms with E-state index in [4.69, 9.17) is 0 Å². The van der Waals surface area contributed by atoms with Crippen LogP contribution in [0.5, 0.6) is 0 Å². The molecule has 0 saturated carbocycles. The Labute approximate surface area is 120 Å². The second-order valence-electron chi connectivity index (χ2n) is 5.04. The van der Waals surface area contributed by atoms with E-state index in [2.05, 4.69) is 15.4 Å². The van der Waals surface area contributed by atoms with Gasteiger partial charge in [-0.25, -0.2) is 0 Å². The van der Waals surface area contributed by atoms with Crippen molar-refractivity contribution < 1.29 is 9.59 Å². The molecule has 7 heteroatoms. The summed E-state index contributed by atoms with van der Waals surface area (Å²) in [5.74, 6) is -0.589. The van der Waals surface area contributed by atoms with Crippen LogP contribution >= 0.6 is 0 Å². The third-order valence-electron chi connectivity index (χ3n) is 3.46. The molecule has 0 spiro atoms. The maximum atomic E-state index is 12.2. The van der Waals surface area contributed by atoms with E-state index in [1.54, 1.807) is 13.2 Å². The van der Waals surface area contributed by atoms with Crippen LogP contribution in [0.3, 0.4) is 0 Å². The highest BCUT2D eigenvalue weighted by Gasteiger charge is 2.22. The van der Waals surface area contributed by atoms with E-state index >= 15 is 0 Å². The standard InChI is InChI=1S/C14H14N4O3/c1-18-7-8(6-15-18)16-13(20)10-5-9-11(17-14(10)21)3-2-4-12(9)19/h5-7H,2-4H2,1H3,(H,16,20)(H,17,21). The van der Waals surface area contributed by atoms with Crippen LogP contribution < -0.4 is 10.9 Å². The molecule has 0 aromatic carbocycles. The third kappa shape index (κ3) is 2.49. The number of amides is 1. The maximum Gasteiger partial charge on any atom is 0.261 e. The van der Waals surface area contributed by atoms with Crippen molar-refractivity contribution in [3.8, 4) is 0 Å². The summed E-state index contributed by atoms with van der Waals surface area (Å²) in [6.45, 7) is 0. The van der Waals surface area contributed by atoms with Crippen molar-refractivity contribution in [2.75, 3.05) is 5.32 Å². The Morgan fingerprint density at radius 2 is 2.19 bits per heavy atom. The van der Waals surface area contributed by atoms with Gasteiger partial charge in [-0.3, -0.25) is 19.1 Å². The second kappa shape index (κ2) is 5.01. The summed E-state index contributed by atoms with van der Waals surface area (Å²) in [5, 5.41) is 6.52. The van der Waals surface area contributed by atoms with Crippen molar-refractivity contribution in [2.45, 2.75) is 19.3 Å². The molecule has 0 saturated heterocycles. The molecule has 0 unspecified atom stereocenters. The number of pyridine rings is 1. The fourth-order valence-electron chi connectivity index (χ4n) is 2.43. The lowest BCUT2D eigenvalue weighted by molar-refractivity contribution is 0.0971. The zero-order valence-corrected chi connectivity index (χ0v) is 11.5. The van der Waals surface area contributed by atoms with Crippen molar-refractivity contribution in [1.29, 1.82) is 0 Å². The van der Waals surface area contributed by atoms with Gasteiger partial charge < -0.3 is 10.3 Å². The average Bonchev–Trinajstić information content (AvgIpc) is 2.83. The quantitative estimate of drug-likeness (QED) is 0.856. The molecule has 1 amide bonds. The first-order chi connectivity index (χ1) is 10.0. The molecule has 0 bridgehead atoms. The monoisotopic (exact) mass is 286 g/mol. The van der Waals surface area contributed by atoms with E-state index in [0.717, 1.165) is 6.42 Å². The van der Waals surface area contributed by atoms with Gasteiger partial charge in [-0.05, 0) is 18.9 Å². The Kier molecular flexibility index (Phi) is 3.17. The Balaban J connectivity index is 1.94. The molecule has 0 radical (unpaired) electrons. The molecule has 2 N–H and O–H groups in total. The predicted molar refractivity (Wildman–Crippen MR) is 75.5 cm³/mol. The Hall–Kier alpha value is -2.70. The first-order valence-electron chi connectivity index (χ1n) is 6.64. The lowest BCUT2D eigenvalue weighted by Crippen LogP contribution is -2.27. The molecule has 3 rings (SSSR count). The Morgan fingerprint density at radius 1 is 1.38 bits per heavy atom. The van der Waals surface area contributed by atoms with E-state index in [1.165, 1.54) is 16.9 Å². The zero-order valence-electron chi connectivity index (χ0n) is 11.5. The Morgan fingerprint density at radius 3 is 2.90 bits per heavy atom. The zero-order chi connectivity index (χ0) is 15.0. The van der Waals surface area contributed by atoms with Crippen LogP contribution in [0, 0.1) is 0 Å². The smallest absolute Gasteiger partial charge is 0.261 e. The number of Topliss-reactive ketones (excluding diaryl/α,β-unsaturated/α-hetero) is 1. The minimum atomic E-state index is -0.551. The highest BCUT2D eigenvalue weighted by atomic mass is 16.2. The van der Waals surface area contributed by atoms with Gasteiger partial charge in [-0.1, -0.05) is 0 Å². The summed E-state index contributed by atoms with van der Waals surface area (Å²) in [4.78, 5) is 38.7. The number of carbonyl (C=O) groups is 2. The SMILES string of the molecule is Cn1cc(NC(=O)c2cc3c([nH]c2=O)CCCC3=O)cn1. The molecule has 108 valence electrons. The number of anilines is 1. The van der Waals surface area contributed by atoms with Gasteiger partial charge in [0, 0.05) is 30.9 Å². The summed E-state index contributed by atoms with van der Waals surface area (Å²) in [6.07, 6.45) is 4.93. The molecular formula is C14H14N4O3. The number of ketones is 1. The summed E-state index contributed by atoms with van der Waals surface area (Å²) >= 11 is 0. The fraction of sp³-hybridized carbons (Fsp3) is 0.286. The van der Waals surface area contributed by atoms with E-state index in [9.17, 15) is 14.4 Å². The number of hydrogen-bond acceptors (Lipinski definition) is 4. The molecule has 1 aliphatic rings. The molecule has 2 aromatic rings. The average molecular weight is 286 g/mol. The third-order valence-corrected chi connectivity index (χ3v) is 3.46. The van der Waals surface area contributed by atoms with Crippen LogP contribution in [-0.4, -0.2) is 26.5 Å². The largest absolute Gasteiger partial charge is 0.325 e. The van der Waals surface area contributed by atoms with Crippen LogP contribution in [0.4, 0.5) is 5.69 Å². The minimum absolute atomic E-state index is 0.0390. The second-order valence-corrected chi connectivity index (χ2v) is 5.04. The number of aromatic nitrogens is 3. The molecule has 0 atom stereocenters. The molecular weight excluding hydrogens is 272 g/mol. The highest BCUT2D eigenvalue weighted by molar-refractivity contribution is 6.06. The van der Waals surface area contributed by atoms with Gasteiger partial charge in [0.2, 0.25) is 0 Å². The van der Waals surface area contributed by atoms with Crippen molar-refractivity contribution in [3.63, 3.8) is 0 Å². The van der Waals surface area contributed by atoms with Crippen LogP contribution in [0.15, 0.2) is 23.3 Å². The number of nitrogens with one attached hydrogen (secondary N) is 2. The normalized spacial score (nSPS) is 13.9. The summed E-state index contributed by atoms with van der Waals surface area (Å²) in [5.41, 5.74) is 1.01. The number of aryl methyl sites for hydroxylation is 2. The van der Waals surface area contributed by atoms with Crippen molar-refractivity contribution in [2.24, 2.45) is 7.05 Å². The maximum absolute atomic E-state index is 12.2. The fourth-order valence-corrected chi connectivity index (χ4v) is 2.43. The van der Waals surface area contributed by atoms with Crippen LogP contribution in [0.1, 0.15) is 39.3 Å². The first-order valence-corrected chi connectivity index (χ1v) is 6.64. The predicted octanol–water partition coefficient (Wildman–Crippen LogP) is 0.880. The molecule has 21 heavy (non-hydrogen) atoms. The number of nitrogens with zero attached hydrogens (tertiary/aromatic N) is 2. The highest BCUT2D eigenvalue weighted by Crippen LogP contribution is 2.19. The van der Waals surface area contributed by atoms with Crippen LogP contribution in [0.25, 0.3) is 0 Å². The van der Waals surface area contributed by atoms with Crippen molar-refractivity contribution >= 4 is 17.4 Å². The summed E-state index contributed by atoms with van der Waals surface area (Å²) < 4.78 is 1.54. The number of fused-ring (bicyclic) bond motifs is 1. The van der Waals surface area contributed by atoms with Crippen LogP contribution in [0.2, 0.25) is 0 Å². The lowest BCUT2D eigenvalue weighted by atomic mass is 9.93. The van der Waals surface area contributed by atoms with Crippen molar-refractivity contribution in [1.82, 2.24) is 14.8 Å². The van der Waals surface area contributed by atoms with Gasteiger partial charge in [0.1, 0.15) is 5.56 Å². The van der Waals surface area contributed by atoms with Gasteiger partial charge >= 0.3 is 0 Å². The van der Waals surface area contributed by atoms with Gasteiger partial charge in [-0.15, -0.1) is 0 Å². The summed E-state index contributed by atoms with van der Waals surface area (Å²) in [7, 11) is 1.72. The van der Waals surface area contributed by atoms with Gasteiger partial charge in [0.15, 0.2) is 5.78 Å². The molecule has 7 nitrogen and oxygen atoms in total. The van der Waals surface area contributed by atoms with Gasteiger partial charge in [0.25, 0.3) is 11.5 Å². The molecule has 0 aliphatic heterocycles. The lowest BCUT2D eigenvalue weighted by Gasteiger charge is -2.14. The number of H-pyrrole nitrogens is 1.